The van der Waals surface area contributed by atoms with Crippen molar-refractivity contribution in [1.82, 2.24) is 0 Å². The van der Waals surface area contributed by atoms with Gasteiger partial charge in [-0.1, -0.05) is 18.8 Å². The molecule has 0 radical (unpaired) electrons. The molecule has 0 aliphatic rings. The van der Waals surface area contributed by atoms with E-state index in [2.05, 4.69) is 11.8 Å². The van der Waals surface area contributed by atoms with Gasteiger partial charge in [0.05, 0.1) is 4.92 Å². The predicted octanol–water partition coefficient (Wildman–Crippen LogP) is 1.72. The number of non-ortho nitro benzene ring substituents is 1. The number of nitrogens with zero attached hydrogens (tertiary/aromatic N) is 1. The second kappa shape index (κ2) is 5.13. The third kappa shape index (κ3) is 3.41. The second-order valence-corrected chi connectivity index (χ2v) is 3.00. The molecule has 78 valence electrons. The van der Waals surface area contributed by atoms with E-state index in [1.807, 2.05) is 6.92 Å². The van der Waals surface area contributed by atoms with Gasteiger partial charge in [-0.25, -0.2) is 0 Å². The number of nitro benzene ring substituents is 1. The van der Waals surface area contributed by atoms with Gasteiger partial charge in [-0.05, 0) is 18.6 Å². The largest absolute Gasteiger partial charge is 0.380 e. The summed E-state index contributed by atoms with van der Waals surface area (Å²) in [5, 5.41) is 19.5. The number of benzene rings is 1. The molecular formula is C11H11NO3. The molecule has 0 aliphatic heterocycles. The summed E-state index contributed by atoms with van der Waals surface area (Å²) in [7, 11) is 0. The Hall–Kier alpha value is -1.86. The highest BCUT2D eigenvalue weighted by atomic mass is 16.6. The van der Waals surface area contributed by atoms with Gasteiger partial charge in [0.1, 0.15) is 6.10 Å². The topological polar surface area (TPSA) is 63.4 Å². The zero-order chi connectivity index (χ0) is 11.3. The fraction of sp³-hybridized carbons (Fsp3) is 0.273. The van der Waals surface area contributed by atoms with Crippen LogP contribution in [0.3, 0.4) is 0 Å². The molecule has 0 heterocycles. The molecule has 1 aromatic rings. The SMILES string of the molecule is CCC(O)C#Cc1ccc([N+](=O)[O-])cc1. The van der Waals surface area contributed by atoms with Crippen molar-refractivity contribution in [2.75, 3.05) is 0 Å². The molecule has 4 heteroatoms. The Kier molecular flexibility index (Phi) is 3.83. The van der Waals surface area contributed by atoms with Crippen molar-refractivity contribution >= 4 is 5.69 Å². The Bertz CT molecular complexity index is 400. The Morgan fingerprint density at radius 1 is 1.47 bits per heavy atom. The van der Waals surface area contributed by atoms with E-state index in [9.17, 15) is 15.2 Å². The predicted molar refractivity (Wildman–Crippen MR) is 56.3 cm³/mol. The van der Waals surface area contributed by atoms with Crippen LogP contribution in [0.4, 0.5) is 5.69 Å². The van der Waals surface area contributed by atoms with Crippen LogP contribution in [0.5, 0.6) is 0 Å². The van der Waals surface area contributed by atoms with Crippen LogP contribution in [0.1, 0.15) is 18.9 Å². The van der Waals surface area contributed by atoms with Crippen molar-refractivity contribution in [1.29, 1.82) is 0 Å². The fourth-order valence-electron chi connectivity index (χ4n) is 0.935. The van der Waals surface area contributed by atoms with Crippen LogP contribution >= 0.6 is 0 Å². The van der Waals surface area contributed by atoms with Crippen molar-refractivity contribution in [3.8, 4) is 11.8 Å². The lowest BCUT2D eigenvalue weighted by molar-refractivity contribution is -0.384. The Morgan fingerprint density at radius 3 is 2.53 bits per heavy atom. The van der Waals surface area contributed by atoms with Crippen molar-refractivity contribution in [2.45, 2.75) is 19.4 Å². The monoisotopic (exact) mass is 205 g/mol. The molecule has 0 aliphatic carbocycles. The molecule has 0 bridgehead atoms. The molecule has 15 heavy (non-hydrogen) atoms. The summed E-state index contributed by atoms with van der Waals surface area (Å²) in [5.74, 6) is 5.37. The first-order valence-corrected chi connectivity index (χ1v) is 4.57. The Morgan fingerprint density at radius 2 is 2.07 bits per heavy atom. The number of aliphatic hydroxyl groups is 1. The highest BCUT2D eigenvalue weighted by Gasteiger charge is 2.02. The van der Waals surface area contributed by atoms with E-state index < -0.39 is 11.0 Å². The Labute approximate surface area is 87.7 Å². The summed E-state index contributed by atoms with van der Waals surface area (Å²) in [6.07, 6.45) is -0.0693. The summed E-state index contributed by atoms with van der Waals surface area (Å²) < 4.78 is 0. The molecule has 0 fully saturated rings. The molecule has 0 aromatic heterocycles. The van der Waals surface area contributed by atoms with Crippen LogP contribution in [0.25, 0.3) is 0 Å². The molecule has 1 aromatic carbocycles. The molecule has 1 N–H and O–H groups in total. The number of aliphatic hydroxyl groups excluding tert-OH is 1. The number of hydrogen-bond donors (Lipinski definition) is 1. The van der Waals surface area contributed by atoms with E-state index in [-0.39, 0.29) is 5.69 Å². The van der Waals surface area contributed by atoms with Crippen LogP contribution in [0.15, 0.2) is 24.3 Å². The lowest BCUT2D eigenvalue weighted by Gasteiger charge is -1.94. The van der Waals surface area contributed by atoms with Crippen molar-refractivity contribution in [3.63, 3.8) is 0 Å². The smallest absolute Gasteiger partial charge is 0.269 e. The molecule has 1 atom stereocenters. The van der Waals surface area contributed by atoms with Gasteiger partial charge in [0, 0.05) is 17.7 Å². The third-order valence-electron chi connectivity index (χ3n) is 1.85. The summed E-state index contributed by atoms with van der Waals surface area (Å²) in [5.41, 5.74) is 0.699. The van der Waals surface area contributed by atoms with E-state index in [0.717, 1.165) is 0 Å². The molecule has 1 unspecified atom stereocenters. The van der Waals surface area contributed by atoms with E-state index in [1.54, 1.807) is 12.1 Å². The van der Waals surface area contributed by atoms with Crippen molar-refractivity contribution in [2.24, 2.45) is 0 Å². The summed E-state index contributed by atoms with van der Waals surface area (Å²) in [6.45, 7) is 1.83. The van der Waals surface area contributed by atoms with Gasteiger partial charge < -0.3 is 5.11 Å². The molecule has 0 saturated carbocycles. The maximum atomic E-state index is 10.4. The first kappa shape index (κ1) is 11.2. The van der Waals surface area contributed by atoms with Gasteiger partial charge in [0.2, 0.25) is 0 Å². The quantitative estimate of drug-likeness (QED) is 0.454. The summed E-state index contributed by atoms with van der Waals surface area (Å²) in [4.78, 5) is 9.89. The van der Waals surface area contributed by atoms with Gasteiger partial charge in [-0.2, -0.15) is 0 Å². The van der Waals surface area contributed by atoms with Gasteiger partial charge >= 0.3 is 0 Å². The van der Waals surface area contributed by atoms with E-state index >= 15 is 0 Å². The summed E-state index contributed by atoms with van der Waals surface area (Å²) in [6, 6.07) is 5.91. The van der Waals surface area contributed by atoms with Gasteiger partial charge in [-0.3, -0.25) is 10.1 Å². The molecule has 1 rings (SSSR count). The fourth-order valence-corrected chi connectivity index (χ4v) is 0.935. The third-order valence-corrected chi connectivity index (χ3v) is 1.85. The molecule has 4 nitrogen and oxygen atoms in total. The number of hydrogen-bond acceptors (Lipinski definition) is 3. The first-order valence-electron chi connectivity index (χ1n) is 4.57. The lowest BCUT2D eigenvalue weighted by Crippen LogP contribution is -1.98. The minimum Gasteiger partial charge on any atom is -0.380 e. The van der Waals surface area contributed by atoms with E-state index in [1.165, 1.54) is 12.1 Å². The van der Waals surface area contributed by atoms with Crippen LogP contribution in [0.2, 0.25) is 0 Å². The zero-order valence-electron chi connectivity index (χ0n) is 8.30. The zero-order valence-corrected chi connectivity index (χ0v) is 8.30. The highest BCUT2D eigenvalue weighted by Crippen LogP contribution is 2.10. The standard InChI is InChI=1S/C11H11NO3/c1-2-11(13)8-5-9-3-6-10(7-4-9)12(14)15/h3-4,6-7,11,13H,2H2,1H3. The van der Waals surface area contributed by atoms with Crippen LogP contribution in [0, 0.1) is 22.0 Å². The van der Waals surface area contributed by atoms with Crippen molar-refractivity contribution in [3.05, 3.63) is 39.9 Å². The lowest BCUT2D eigenvalue weighted by atomic mass is 10.2. The molecular weight excluding hydrogens is 194 g/mol. The number of nitro groups is 1. The van der Waals surface area contributed by atoms with Crippen LogP contribution in [-0.2, 0) is 0 Å². The van der Waals surface area contributed by atoms with Gasteiger partial charge in [-0.15, -0.1) is 0 Å². The first-order chi connectivity index (χ1) is 7.13. The normalized spacial score (nSPS) is 11.3. The van der Waals surface area contributed by atoms with Crippen LogP contribution in [-0.4, -0.2) is 16.1 Å². The maximum absolute atomic E-state index is 10.4. The van der Waals surface area contributed by atoms with Gasteiger partial charge in [0.25, 0.3) is 5.69 Å². The molecule has 0 saturated heterocycles. The van der Waals surface area contributed by atoms with Crippen molar-refractivity contribution < 1.29 is 10.0 Å². The molecule has 0 amide bonds. The minimum atomic E-state index is -0.639. The molecule has 0 spiro atoms. The average molecular weight is 205 g/mol. The average Bonchev–Trinajstić information content (AvgIpc) is 2.26. The Balaban J connectivity index is 2.79. The number of rotatable bonds is 2. The van der Waals surface area contributed by atoms with E-state index in [0.29, 0.717) is 12.0 Å². The summed E-state index contributed by atoms with van der Waals surface area (Å²) >= 11 is 0. The maximum Gasteiger partial charge on any atom is 0.269 e. The van der Waals surface area contributed by atoms with E-state index in [4.69, 9.17) is 0 Å². The van der Waals surface area contributed by atoms with Gasteiger partial charge in [0.15, 0.2) is 0 Å². The van der Waals surface area contributed by atoms with Crippen LogP contribution < -0.4 is 0 Å². The minimum absolute atomic E-state index is 0.0385. The highest BCUT2D eigenvalue weighted by molar-refractivity contribution is 5.41. The second-order valence-electron chi connectivity index (χ2n) is 3.00.